The number of aliphatic hydroxyl groups excluding tert-OH is 2. The van der Waals surface area contributed by atoms with Crippen LogP contribution in [0.25, 0.3) is 16.9 Å². The Morgan fingerprint density at radius 3 is 2.34 bits per heavy atom. The molecule has 0 heterocycles. The number of benzene rings is 2. The molecule has 214 valence electrons. The number of aliphatic hydroxyl groups is 3. The third-order valence-electron chi connectivity index (χ3n) is 8.63. The summed E-state index contributed by atoms with van der Waals surface area (Å²) in [4.78, 5) is 52.7. The first-order chi connectivity index (χ1) is 19.3. The minimum atomic E-state index is -2.70. The van der Waals surface area contributed by atoms with Gasteiger partial charge in [-0.1, -0.05) is 30.3 Å². The number of ketones is 3. The third-order valence-corrected chi connectivity index (χ3v) is 8.63. The fraction of sp³-hybridized carbons (Fsp3) is 0.355. The van der Waals surface area contributed by atoms with Gasteiger partial charge >= 0.3 is 0 Å². The standard InChI is InChI=1S/C31H32N2O8/c1-14(34)9-10-16-11-18(15-7-5-4-6-8-15)19-12-17-13-20-24(33(2)3)27(37)23(30(32)40)29(39)31(20,41)28(38)21(17)26(36)22(19)25(16)35/h4-8,11,17,20,24,35-36,39,41H,9-10,12-13H2,1-3H3,(H2,32,40)/t17-,20+,24-,31+/m1/s1. The van der Waals surface area contributed by atoms with Crippen LogP contribution in [0.3, 0.4) is 0 Å². The summed E-state index contributed by atoms with van der Waals surface area (Å²) in [5, 5.41) is 45.8. The minimum absolute atomic E-state index is 0.00679. The summed E-state index contributed by atoms with van der Waals surface area (Å²) in [5.41, 5.74) is 4.11. The molecule has 0 bridgehead atoms. The molecule has 3 aliphatic rings. The number of likely N-dealkylation sites (N-methyl/N-ethyl adjacent to an activating group) is 1. The van der Waals surface area contributed by atoms with Crippen LogP contribution >= 0.6 is 0 Å². The monoisotopic (exact) mass is 560 g/mol. The van der Waals surface area contributed by atoms with Crippen molar-refractivity contribution in [3.05, 3.63) is 70.0 Å². The molecule has 10 heteroatoms. The van der Waals surface area contributed by atoms with Gasteiger partial charge in [-0.2, -0.15) is 0 Å². The second-order valence-corrected chi connectivity index (χ2v) is 11.3. The minimum Gasteiger partial charge on any atom is -0.508 e. The summed E-state index contributed by atoms with van der Waals surface area (Å²) in [7, 11) is 3.11. The molecule has 5 rings (SSSR count). The van der Waals surface area contributed by atoms with Gasteiger partial charge in [0.1, 0.15) is 28.6 Å². The third kappa shape index (κ3) is 4.17. The molecule has 3 aliphatic carbocycles. The number of hydrogen-bond donors (Lipinski definition) is 5. The highest BCUT2D eigenvalue weighted by Crippen LogP contribution is 2.54. The van der Waals surface area contributed by atoms with Crippen molar-refractivity contribution in [2.75, 3.05) is 14.1 Å². The van der Waals surface area contributed by atoms with Crippen molar-refractivity contribution < 1.29 is 39.6 Å². The van der Waals surface area contributed by atoms with Crippen LogP contribution in [0.1, 0.15) is 36.5 Å². The fourth-order valence-corrected chi connectivity index (χ4v) is 6.74. The maximum Gasteiger partial charge on any atom is 0.255 e. The normalized spacial score (nSPS) is 25.6. The molecule has 0 unspecified atom stereocenters. The number of primary amides is 1. The first-order valence-electron chi connectivity index (χ1n) is 13.4. The van der Waals surface area contributed by atoms with E-state index in [0.717, 1.165) is 5.56 Å². The Hall–Kier alpha value is -4.28. The second kappa shape index (κ2) is 9.97. The number of phenols is 1. The predicted molar refractivity (Wildman–Crippen MR) is 149 cm³/mol. The summed E-state index contributed by atoms with van der Waals surface area (Å²) >= 11 is 0. The van der Waals surface area contributed by atoms with E-state index in [0.29, 0.717) is 16.7 Å². The topological polar surface area (TPSA) is 178 Å². The molecule has 0 aromatic heterocycles. The van der Waals surface area contributed by atoms with Crippen molar-refractivity contribution in [1.82, 2.24) is 4.90 Å². The van der Waals surface area contributed by atoms with Crippen LogP contribution in [0, 0.1) is 11.8 Å². The zero-order chi connectivity index (χ0) is 30.0. The molecule has 0 radical (unpaired) electrons. The van der Waals surface area contributed by atoms with Gasteiger partial charge in [-0.25, -0.2) is 0 Å². The number of aryl methyl sites for hydroxylation is 1. The number of carbonyl (C=O) groups excluding carboxylic acids is 4. The van der Waals surface area contributed by atoms with Crippen molar-refractivity contribution in [3.8, 4) is 16.9 Å². The second-order valence-electron chi connectivity index (χ2n) is 11.3. The lowest BCUT2D eigenvalue weighted by atomic mass is 9.57. The molecule has 1 fully saturated rings. The Morgan fingerprint density at radius 2 is 1.76 bits per heavy atom. The van der Waals surface area contributed by atoms with Gasteiger partial charge in [-0.15, -0.1) is 0 Å². The van der Waals surface area contributed by atoms with Crippen molar-refractivity contribution in [2.45, 2.75) is 44.2 Å². The van der Waals surface area contributed by atoms with Crippen LogP contribution in [0.15, 0.2) is 53.3 Å². The van der Waals surface area contributed by atoms with Gasteiger partial charge in [0.2, 0.25) is 5.78 Å². The Labute approximate surface area is 236 Å². The van der Waals surface area contributed by atoms with Crippen molar-refractivity contribution in [1.29, 1.82) is 0 Å². The van der Waals surface area contributed by atoms with E-state index in [1.54, 1.807) is 20.2 Å². The highest BCUT2D eigenvalue weighted by molar-refractivity contribution is 6.24. The van der Waals surface area contributed by atoms with Crippen LogP contribution in [-0.4, -0.2) is 74.3 Å². The molecule has 4 atom stereocenters. The molecule has 0 saturated heterocycles. The van der Waals surface area contributed by atoms with E-state index < -0.39 is 58.0 Å². The van der Waals surface area contributed by atoms with E-state index in [-0.39, 0.29) is 48.4 Å². The van der Waals surface area contributed by atoms with Crippen LogP contribution in [0.2, 0.25) is 0 Å². The Kier molecular flexibility index (Phi) is 6.87. The van der Waals surface area contributed by atoms with Crippen LogP contribution in [0.5, 0.6) is 5.75 Å². The van der Waals surface area contributed by atoms with Crippen molar-refractivity contribution in [3.63, 3.8) is 0 Å². The summed E-state index contributed by atoms with van der Waals surface area (Å²) in [6.45, 7) is 1.44. The van der Waals surface area contributed by atoms with Crippen LogP contribution in [0.4, 0.5) is 0 Å². The summed E-state index contributed by atoms with van der Waals surface area (Å²) in [6, 6.07) is 9.93. The van der Waals surface area contributed by atoms with E-state index in [9.17, 15) is 39.6 Å². The van der Waals surface area contributed by atoms with Crippen LogP contribution in [-0.2, 0) is 32.0 Å². The summed E-state index contributed by atoms with van der Waals surface area (Å²) in [6.07, 6.45) is 0.528. The first-order valence-corrected chi connectivity index (χ1v) is 13.4. The average Bonchev–Trinajstić information content (AvgIpc) is 2.90. The summed E-state index contributed by atoms with van der Waals surface area (Å²) < 4.78 is 0. The zero-order valence-electron chi connectivity index (χ0n) is 23.0. The highest BCUT2D eigenvalue weighted by atomic mass is 16.3. The largest absolute Gasteiger partial charge is 0.508 e. The fourth-order valence-electron chi connectivity index (χ4n) is 6.74. The number of phenolic OH excluding ortho intramolecular Hbond substituents is 1. The molecule has 0 aliphatic heterocycles. The zero-order valence-corrected chi connectivity index (χ0v) is 23.0. The molecule has 10 nitrogen and oxygen atoms in total. The lowest BCUT2D eigenvalue weighted by Gasteiger charge is -2.50. The SMILES string of the molecule is CC(=O)CCc1cc(-c2ccccc2)c2c(c1O)C(O)=C1C(=O)[C@]3(O)C(O)=C(C(N)=O)C(=O)[C@H](N(C)C)[C@@H]3C[C@H]1C2. The molecule has 2 aromatic carbocycles. The molecule has 1 saturated carbocycles. The van der Waals surface area contributed by atoms with Gasteiger partial charge in [-0.3, -0.25) is 19.3 Å². The van der Waals surface area contributed by atoms with Gasteiger partial charge in [0, 0.05) is 17.9 Å². The Balaban J connectivity index is 1.76. The number of hydrogen-bond acceptors (Lipinski definition) is 9. The number of fused-ring (bicyclic) bond motifs is 3. The van der Waals surface area contributed by atoms with Crippen LogP contribution < -0.4 is 5.73 Å². The molecule has 0 spiro atoms. The van der Waals surface area contributed by atoms with E-state index in [1.807, 2.05) is 30.3 Å². The molecule has 2 aromatic rings. The number of amides is 1. The van der Waals surface area contributed by atoms with Gasteiger partial charge in [0.15, 0.2) is 11.4 Å². The summed E-state index contributed by atoms with van der Waals surface area (Å²) in [5.74, 6) is -7.02. The number of Topliss-reactive ketones (excluding diaryl/α,β-unsaturated/α-hetero) is 3. The maximum atomic E-state index is 14.1. The number of aromatic hydroxyl groups is 1. The molecule has 1 amide bonds. The maximum absolute atomic E-state index is 14.1. The Bertz CT molecular complexity index is 1570. The highest BCUT2D eigenvalue weighted by Gasteiger charge is 2.64. The van der Waals surface area contributed by atoms with Gasteiger partial charge in [0.05, 0.1) is 11.6 Å². The number of carbonyl (C=O) groups is 4. The van der Waals surface area contributed by atoms with E-state index in [2.05, 4.69) is 0 Å². The quantitative estimate of drug-likeness (QED) is 0.331. The van der Waals surface area contributed by atoms with Crippen molar-refractivity contribution in [2.24, 2.45) is 17.6 Å². The molecule has 41 heavy (non-hydrogen) atoms. The van der Waals surface area contributed by atoms with Gasteiger partial charge < -0.3 is 31.0 Å². The van der Waals surface area contributed by atoms with Gasteiger partial charge in [-0.05, 0) is 74.5 Å². The van der Waals surface area contributed by atoms with E-state index in [4.69, 9.17) is 5.73 Å². The smallest absolute Gasteiger partial charge is 0.255 e. The predicted octanol–water partition coefficient (Wildman–Crippen LogP) is 2.15. The van der Waals surface area contributed by atoms with E-state index >= 15 is 0 Å². The number of nitrogens with zero attached hydrogens (tertiary/aromatic N) is 1. The Morgan fingerprint density at radius 1 is 1.10 bits per heavy atom. The molecular formula is C31H32N2O8. The number of nitrogens with two attached hydrogens (primary N) is 1. The lowest BCUT2D eigenvalue weighted by Crippen LogP contribution is -2.65. The number of rotatable bonds is 6. The van der Waals surface area contributed by atoms with Gasteiger partial charge in [0.25, 0.3) is 5.91 Å². The molecule has 6 N–H and O–H groups in total. The molecular weight excluding hydrogens is 528 g/mol. The lowest BCUT2D eigenvalue weighted by molar-refractivity contribution is -0.153. The first kappa shape index (κ1) is 28.3. The average molecular weight is 561 g/mol. The van der Waals surface area contributed by atoms with Crippen molar-refractivity contribution >= 4 is 29.0 Å². The van der Waals surface area contributed by atoms with E-state index in [1.165, 1.54) is 11.8 Å².